The summed E-state index contributed by atoms with van der Waals surface area (Å²) in [6.45, 7) is 1.51. The molecule has 0 fully saturated rings. The Bertz CT molecular complexity index is 565. The highest BCUT2D eigenvalue weighted by Crippen LogP contribution is 2.34. The maximum Gasteiger partial charge on any atom is 0.416 e. The Kier molecular flexibility index (Phi) is 3.31. The summed E-state index contributed by atoms with van der Waals surface area (Å²) in [5.41, 5.74) is 5.21. The molecule has 1 heterocycles. The zero-order valence-electron chi connectivity index (χ0n) is 9.40. The number of nitrogens with two attached hydrogens (primary N) is 1. The van der Waals surface area contributed by atoms with Crippen LogP contribution in [-0.2, 0) is 6.18 Å². The molecule has 0 saturated carbocycles. The number of rotatable bonds is 2. The first-order chi connectivity index (χ1) is 8.29. The summed E-state index contributed by atoms with van der Waals surface area (Å²) in [6, 6.07) is 2.69. The molecule has 0 aliphatic heterocycles. The van der Waals surface area contributed by atoms with Gasteiger partial charge in [-0.05, 0) is 25.1 Å². The third-order valence-electron chi connectivity index (χ3n) is 2.54. The Balaban J connectivity index is 2.46. The number of alkyl halides is 3. The van der Waals surface area contributed by atoms with E-state index in [-0.39, 0.29) is 5.52 Å². The van der Waals surface area contributed by atoms with Crippen LogP contribution in [-0.4, -0.2) is 16.2 Å². The van der Waals surface area contributed by atoms with E-state index in [1.165, 1.54) is 24.3 Å². The van der Waals surface area contributed by atoms with Crippen LogP contribution in [0, 0.1) is 0 Å². The molecule has 1 aromatic heterocycles. The Hall–Kier alpha value is -1.18. The normalized spacial score (nSPS) is 15.9. The fourth-order valence-electron chi connectivity index (χ4n) is 1.47. The van der Waals surface area contributed by atoms with Crippen molar-refractivity contribution >= 4 is 21.6 Å². The summed E-state index contributed by atoms with van der Waals surface area (Å²) in [6.07, 6.45) is -5.18. The second kappa shape index (κ2) is 4.49. The monoisotopic (exact) mass is 276 g/mol. The third kappa shape index (κ3) is 2.47. The average molecular weight is 276 g/mol. The SMILES string of the molecule is CC(O)C(N)c1nc2cc(C(F)(F)F)ccc2s1. The molecule has 0 saturated heterocycles. The lowest BCUT2D eigenvalue weighted by atomic mass is 10.2. The minimum atomic E-state index is -4.38. The molecule has 0 radical (unpaired) electrons. The number of hydrogen-bond donors (Lipinski definition) is 2. The maximum atomic E-state index is 12.5. The summed E-state index contributed by atoms with van der Waals surface area (Å²) in [7, 11) is 0. The smallest absolute Gasteiger partial charge is 0.391 e. The van der Waals surface area contributed by atoms with E-state index in [2.05, 4.69) is 4.98 Å². The van der Waals surface area contributed by atoms with E-state index in [9.17, 15) is 18.3 Å². The predicted molar refractivity (Wildman–Crippen MR) is 63.2 cm³/mol. The molecule has 0 aliphatic rings. The van der Waals surface area contributed by atoms with Gasteiger partial charge in [0.1, 0.15) is 5.01 Å². The van der Waals surface area contributed by atoms with Crippen LogP contribution in [0.15, 0.2) is 18.2 Å². The van der Waals surface area contributed by atoms with Crippen LogP contribution in [0.4, 0.5) is 13.2 Å². The molecule has 3 nitrogen and oxygen atoms in total. The lowest BCUT2D eigenvalue weighted by Gasteiger charge is -2.10. The molecule has 1 aromatic carbocycles. The van der Waals surface area contributed by atoms with Gasteiger partial charge in [0.25, 0.3) is 0 Å². The zero-order chi connectivity index (χ0) is 13.5. The van der Waals surface area contributed by atoms with Crippen molar-refractivity contribution < 1.29 is 18.3 Å². The molecule has 3 N–H and O–H groups in total. The summed E-state index contributed by atoms with van der Waals surface area (Å²) >= 11 is 1.19. The number of fused-ring (bicyclic) bond motifs is 1. The van der Waals surface area contributed by atoms with Crippen LogP contribution in [0.3, 0.4) is 0 Å². The predicted octanol–water partition coefficient (Wildman–Crippen LogP) is 2.70. The fraction of sp³-hybridized carbons (Fsp3) is 0.364. The van der Waals surface area contributed by atoms with Gasteiger partial charge in [0.15, 0.2) is 0 Å². The Morgan fingerprint density at radius 3 is 2.61 bits per heavy atom. The van der Waals surface area contributed by atoms with E-state index in [0.29, 0.717) is 9.71 Å². The maximum absolute atomic E-state index is 12.5. The minimum absolute atomic E-state index is 0.251. The van der Waals surface area contributed by atoms with Crippen molar-refractivity contribution in [1.82, 2.24) is 4.98 Å². The zero-order valence-corrected chi connectivity index (χ0v) is 10.2. The summed E-state index contributed by atoms with van der Waals surface area (Å²) < 4.78 is 38.2. The number of halogens is 3. The number of benzene rings is 1. The molecule has 2 atom stereocenters. The highest BCUT2D eigenvalue weighted by atomic mass is 32.1. The summed E-state index contributed by atoms with van der Waals surface area (Å²) in [5, 5.41) is 9.77. The molecule has 2 rings (SSSR count). The Morgan fingerprint density at radius 2 is 2.06 bits per heavy atom. The van der Waals surface area contributed by atoms with Gasteiger partial charge in [-0.3, -0.25) is 0 Å². The number of nitrogens with zero attached hydrogens (tertiary/aromatic N) is 1. The van der Waals surface area contributed by atoms with Gasteiger partial charge in [-0.15, -0.1) is 11.3 Å². The van der Waals surface area contributed by atoms with E-state index in [1.54, 1.807) is 0 Å². The summed E-state index contributed by atoms with van der Waals surface area (Å²) in [4.78, 5) is 4.04. The first-order valence-corrected chi connectivity index (χ1v) is 6.02. The second-order valence-corrected chi connectivity index (χ2v) is 5.06. The van der Waals surface area contributed by atoms with Gasteiger partial charge in [0, 0.05) is 0 Å². The fourth-order valence-corrected chi connectivity index (χ4v) is 2.52. The van der Waals surface area contributed by atoms with E-state index in [0.717, 1.165) is 12.1 Å². The molecule has 2 unspecified atom stereocenters. The number of hydrogen-bond acceptors (Lipinski definition) is 4. The van der Waals surface area contributed by atoms with Gasteiger partial charge in [-0.2, -0.15) is 13.2 Å². The molecule has 98 valence electrons. The molecule has 2 aromatic rings. The van der Waals surface area contributed by atoms with Crippen LogP contribution in [0.25, 0.3) is 10.2 Å². The number of thiazole rings is 1. The number of aliphatic hydroxyl groups is 1. The lowest BCUT2D eigenvalue weighted by Crippen LogP contribution is -2.22. The van der Waals surface area contributed by atoms with Crippen molar-refractivity contribution in [3.63, 3.8) is 0 Å². The molecule has 18 heavy (non-hydrogen) atoms. The molecule has 0 amide bonds. The van der Waals surface area contributed by atoms with Crippen molar-refractivity contribution in [1.29, 1.82) is 0 Å². The average Bonchev–Trinajstić information content (AvgIpc) is 2.68. The molecular formula is C11H11F3N2OS. The van der Waals surface area contributed by atoms with Crippen molar-refractivity contribution in [2.75, 3.05) is 0 Å². The lowest BCUT2D eigenvalue weighted by molar-refractivity contribution is -0.137. The number of aromatic nitrogens is 1. The Morgan fingerprint density at radius 1 is 1.39 bits per heavy atom. The standard InChI is InChI=1S/C11H11F3N2OS/c1-5(17)9(15)10-16-7-4-6(11(12,13)14)2-3-8(7)18-10/h2-5,9,17H,15H2,1H3. The van der Waals surface area contributed by atoms with Gasteiger partial charge in [-0.25, -0.2) is 4.98 Å². The van der Waals surface area contributed by atoms with Gasteiger partial charge < -0.3 is 10.8 Å². The first-order valence-electron chi connectivity index (χ1n) is 5.20. The molecule has 7 heteroatoms. The van der Waals surface area contributed by atoms with Crippen LogP contribution in [0.1, 0.15) is 23.5 Å². The topological polar surface area (TPSA) is 59.1 Å². The Labute approximate surface area is 105 Å². The van der Waals surface area contributed by atoms with E-state index >= 15 is 0 Å². The summed E-state index contributed by atoms with van der Waals surface area (Å²) in [5.74, 6) is 0. The van der Waals surface area contributed by atoms with Gasteiger partial charge >= 0.3 is 6.18 Å². The van der Waals surface area contributed by atoms with Crippen molar-refractivity contribution in [3.05, 3.63) is 28.8 Å². The highest BCUT2D eigenvalue weighted by molar-refractivity contribution is 7.18. The molecule has 0 bridgehead atoms. The highest BCUT2D eigenvalue weighted by Gasteiger charge is 2.31. The van der Waals surface area contributed by atoms with Crippen LogP contribution in [0.2, 0.25) is 0 Å². The largest absolute Gasteiger partial charge is 0.416 e. The van der Waals surface area contributed by atoms with E-state index in [4.69, 9.17) is 5.73 Å². The van der Waals surface area contributed by atoms with Crippen molar-refractivity contribution in [2.24, 2.45) is 5.73 Å². The first kappa shape index (κ1) is 13.3. The number of aliphatic hydroxyl groups excluding tert-OH is 1. The van der Waals surface area contributed by atoms with Crippen LogP contribution < -0.4 is 5.73 Å². The van der Waals surface area contributed by atoms with Crippen LogP contribution >= 0.6 is 11.3 Å². The second-order valence-electron chi connectivity index (χ2n) is 4.00. The van der Waals surface area contributed by atoms with Gasteiger partial charge in [0.2, 0.25) is 0 Å². The quantitative estimate of drug-likeness (QED) is 0.886. The van der Waals surface area contributed by atoms with Crippen LogP contribution in [0.5, 0.6) is 0 Å². The van der Waals surface area contributed by atoms with Gasteiger partial charge in [-0.1, -0.05) is 0 Å². The minimum Gasteiger partial charge on any atom is -0.391 e. The molecule has 0 aliphatic carbocycles. The van der Waals surface area contributed by atoms with Gasteiger partial charge in [0.05, 0.1) is 27.9 Å². The van der Waals surface area contributed by atoms with Crippen molar-refractivity contribution in [3.8, 4) is 0 Å². The van der Waals surface area contributed by atoms with E-state index in [1.807, 2.05) is 0 Å². The van der Waals surface area contributed by atoms with Crippen molar-refractivity contribution in [2.45, 2.75) is 25.2 Å². The van der Waals surface area contributed by atoms with E-state index < -0.39 is 23.9 Å². The molecular weight excluding hydrogens is 265 g/mol. The third-order valence-corrected chi connectivity index (χ3v) is 3.67. The molecule has 0 spiro atoms.